The lowest BCUT2D eigenvalue weighted by atomic mass is 9.91. The molecular weight excluding hydrogens is 184 g/mol. The van der Waals surface area contributed by atoms with Crippen molar-refractivity contribution in [2.45, 2.75) is 12.3 Å². The standard InChI is InChI=1S/C13H20N2/c1-14-8-7-11-3-5-12(6-4-11)13-9-15(2)10-13/h3-6,13-14H,7-10H2,1-2H3. The van der Waals surface area contributed by atoms with E-state index in [1.165, 1.54) is 24.2 Å². The lowest BCUT2D eigenvalue weighted by Crippen LogP contribution is -2.41. The lowest BCUT2D eigenvalue weighted by molar-refractivity contribution is 0.190. The molecule has 2 rings (SSSR count). The highest BCUT2D eigenvalue weighted by Gasteiger charge is 2.24. The highest BCUT2D eigenvalue weighted by molar-refractivity contribution is 5.27. The summed E-state index contributed by atoms with van der Waals surface area (Å²) >= 11 is 0. The van der Waals surface area contributed by atoms with Gasteiger partial charge in [0.05, 0.1) is 0 Å². The average molecular weight is 204 g/mol. The Morgan fingerprint density at radius 2 is 1.93 bits per heavy atom. The van der Waals surface area contributed by atoms with Gasteiger partial charge in [0.1, 0.15) is 0 Å². The summed E-state index contributed by atoms with van der Waals surface area (Å²) in [5.74, 6) is 0.772. The number of rotatable bonds is 4. The zero-order valence-electron chi connectivity index (χ0n) is 9.66. The van der Waals surface area contributed by atoms with Gasteiger partial charge in [-0.25, -0.2) is 0 Å². The summed E-state index contributed by atoms with van der Waals surface area (Å²) in [5.41, 5.74) is 2.93. The smallest absolute Gasteiger partial charge is 0.00933 e. The van der Waals surface area contributed by atoms with Crippen molar-refractivity contribution < 1.29 is 0 Å². The maximum absolute atomic E-state index is 3.18. The van der Waals surface area contributed by atoms with Gasteiger partial charge in [-0.2, -0.15) is 0 Å². The van der Waals surface area contributed by atoms with Gasteiger partial charge in [-0.1, -0.05) is 24.3 Å². The minimum absolute atomic E-state index is 0.772. The maximum atomic E-state index is 3.18. The van der Waals surface area contributed by atoms with Crippen molar-refractivity contribution in [1.29, 1.82) is 0 Å². The molecule has 15 heavy (non-hydrogen) atoms. The molecule has 1 aliphatic rings. The summed E-state index contributed by atoms with van der Waals surface area (Å²) in [5, 5.41) is 3.18. The van der Waals surface area contributed by atoms with E-state index in [0.29, 0.717) is 0 Å². The Kier molecular flexibility index (Phi) is 3.39. The van der Waals surface area contributed by atoms with Crippen molar-refractivity contribution in [1.82, 2.24) is 10.2 Å². The highest BCUT2D eigenvalue weighted by Crippen LogP contribution is 2.25. The fraction of sp³-hybridized carbons (Fsp3) is 0.538. The summed E-state index contributed by atoms with van der Waals surface area (Å²) in [7, 11) is 4.18. The normalized spacial score (nSPS) is 17.7. The van der Waals surface area contributed by atoms with Crippen LogP contribution in [0.5, 0.6) is 0 Å². The average Bonchev–Trinajstić information content (AvgIpc) is 2.23. The Bertz CT molecular complexity index is 299. The molecule has 1 aliphatic heterocycles. The third-order valence-electron chi connectivity index (χ3n) is 3.18. The number of nitrogens with zero attached hydrogens (tertiary/aromatic N) is 1. The van der Waals surface area contributed by atoms with E-state index in [1.54, 1.807) is 0 Å². The molecule has 1 fully saturated rings. The number of hydrogen-bond donors (Lipinski definition) is 1. The summed E-state index contributed by atoms with van der Waals surface area (Å²) in [4.78, 5) is 2.36. The fourth-order valence-corrected chi connectivity index (χ4v) is 2.14. The van der Waals surface area contributed by atoms with Crippen LogP contribution in [-0.4, -0.2) is 38.6 Å². The number of likely N-dealkylation sites (N-methyl/N-ethyl adjacent to an activating group) is 2. The first-order valence-corrected chi connectivity index (χ1v) is 5.71. The van der Waals surface area contributed by atoms with E-state index in [-0.39, 0.29) is 0 Å². The van der Waals surface area contributed by atoms with Crippen LogP contribution in [0.1, 0.15) is 17.0 Å². The van der Waals surface area contributed by atoms with E-state index in [1.807, 2.05) is 7.05 Å². The predicted octanol–water partition coefficient (Wildman–Crippen LogP) is 1.48. The summed E-state index contributed by atoms with van der Waals surface area (Å²) in [6.07, 6.45) is 1.13. The lowest BCUT2D eigenvalue weighted by Gasteiger charge is -2.36. The van der Waals surface area contributed by atoms with Crippen molar-refractivity contribution in [2.24, 2.45) is 0 Å². The van der Waals surface area contributed by atoms with Gasteiger partial charge in [0.15, 0.2) is 0 Å². The minimum Gasteiger partial charge on any atom is -0.319 e. The molecule has 1 N–H and O–H groups in total. The van der Waals surface area contributed by atoms with Gasteiger partial charge in [-0.3, -0.25) is 0 Å². The second-order valence-corrected chi connectivity index (χ2v) is 4.51. The predicted molar refractivity (Wildman–Crippen MR) is 64.3 cm³/mol. The molecule has 0 amide bonds. The van der Waals surface area contributed by atoms with E-state index in [0.717, 1.165) is 18.9 Å². The van der Waals surface area contributed by atoms with Crippen molar-refractivity contribution in [3.63, 3.8) is 0 Å². The number of nitrogens with one attached hydrogen (secondary N) is 1. The first-order chi connectivity index (χ1) is 7.29. The molecule has 0 bridgehead atoms. The zero-order chi connectivity index (χ0) is 10.7. The molecule has 0 atom stereocenters. The maximum Gasteiger partial charge on any atom is 0.00933 e. The van der Waals surface area contributed by atoms with Crippen molar-refractivity contribution >= 4 is 0 Å². The quantitative estimate of drug-likeness (QED) is 0.799. The number of likely N-dealkylation sites (tertiary alicyclic amines) is 1. The van der Waals surface area contributed by atoms with Crippen LogP contribution in [0, 0.1) is 0 Å². The molecule has 0 aromatic heterocycles. The van der Waals surface area contributed by atoms with Gasteiger partial charge >= 0.3 is 0 Å². The van der Waals surface area contributed by atoms with Crippen LogP contribution >= 0.6 is 0 Å². The Labute approximate surface area is 92.3 Å². The van der Waals surface area contributed by atoms with Crippen LogP contribution in [0.3, 0.4) is 0 Å². The molecule has 1 aromatic carbocycles. The molecule has 2 heteroatoms. The summed E-state index contributed by atoms with van der Waals surface area (Å²) in [6.45, 7) is 3.50. The van der Waals surface area contributed by atoms with Crippen LogP contribution in [0.25, 0.3) is 0 Å². The topological polar surface area (TPSA) is 15.3 Å². The Hall–Kier alpha value is -0.860. The van der Waals surface area contributed by atoms with Crippen LogP contribution in [-0.2, 0) is 6.42 Å². The molecule has 0 spiro atoms. The van der Waals surface area contributed by atoms with Crippen LogP contribution < -0.4 is 5.32 Å². The summed E-state index contributed by atoms with van der Waals surface area (Å²) in [6, 6.07) is 9.13. The first kappa shape index (κ1) is 10.7. The molecule has 0 radical (unpaired) electrons. The summed E-state index contributed by atoms with van der Waals surface area (Å²) < 4.78 is 0. The molecule has 1 heterocycles. The molecule has 2 nitrogen and oxygen atoms in total. The molecule has 0 unspecified atom stereocenters. The van der Waals surface area contributed by atoms with Crippen LogP contribution in [0.2, 0.25) is 0 Å². The van der Waals surface area contributed by atoms with Gasteiger partial charge in [-0.05, 0) is 38.2 Å². The molecule has 1 aromatic rings. The van der Waals surface area contributed by atoms with Gasteiger partial charge in [0.25, 0.3) is 0 Å². The molecule has 0 aliphatic carbocycles. The Morgan fingerprint density at radius 1 is 1.27 bits per heavy atom. The number of benzene rings is 1. The van der Waals surface area contributed by atoms with Crippen molar-refractivity contribution in [3.05, 3.63) is 35.4 Å². The van der Waals surface area contributed by atoms with Crippen LogP contribution in [0.4, 0.5) is 0 Å². The first-order valence-electron chi connectivity index (χ1n) is 5.71. The van der Waals surface area contributed by atoms with E-state index >= 15 is 0 Å². The van der Waals surface area contributed by atoms with E-state index < -0.39 is 0 Å². The van der Waals surface area contributed by atoms with Crippen LogP contribution in [0.15, 0.2) is 24.3 Å². The molecule has 1 saturated heterocycles. The number of hydrogen-bond acceptors (Lipinski definition) is 2. The Balaban J connectivity index is 1.92. The third kappa shape index (κ3) is 2.58. The van der Waals surface area contributed by atoms with E-state index in [4.69, 9.17) is 0 Å². The minimum atomic E-state index is 0.772. The van der Waals surface area contributed by atoms with Gasteiger partial charge < -0.3 is 10.2 Å². The Morgan fingerprint density at radius 3 is 2.47 bits per heavy atom. The molecule has 0 saturated carbocycles. The van der Waals surface area contributed by atoms with Crippen molar-refractivity contribution in [3.8, 4) is 0 Å². The van der Waals surface area contributed by atoms with E-state index in [2.05, 4.69) is 41.5 Å². The van der Waals surface area contributed by atoms with Gasteiger partial charge in [0.2, 0.25) is 0 Å². The van der Waals surface area contributed by atoms with Gasteiger partial charge in [0, 0.05) is 19.0 Å². The largest absolute Gasteiger partial charge is 0.319 e. The second-order valence-electron chi connectivity index (χ2n) is 4.51. The van der Waals surface area contributed by atoms with Crippen molar-refractivity contribution in [2.75, 3.05) is 33.7 Å². The SMILES string of the molecule is CNCCc1ccc(C2CN(C)C2)cc1. The monoisotopic (exact) mass is 204 g/mol. The highest BCUT2D eigenvalue weighted by atomic mass is 15.2. The van der Waals surface area contributed by atoms with E-state index in [9.17, 15) is 0 Å². The second kappa shape index (κ2) is 4.77. The molecular formula is C13H20N2. The zero-order valence-corrected chi connectivity index (χ0v) is 9.66. The molecule has 82 valence electrons. The fourth-order valence-electron chi connectivity index (χ4n) is 2.14. The van der Waals surface area contributed by atoms with Gasteiger partial charge in [-0.15, -0.1) is 0 Å². The third-order valence-corrected chi connectivity index (χ3v) is 3.18.